The van der Waals surface area contributed by atoms with Crippen molar-refractivity contribution in [2.45, 2.75) is 32.2 Å². The van der Waals surface area contributed by atoms with E-state index < -0.39 is 41.7 Å². The minimum absolute atomic E-state index is 0.00898. The summed E-state index contributed by atoms with van der Waals surface area (Å²) in [5.74, 6) is -1.28. The van der Waals surface area contributed by atoms with Crippen LogP contribution in [0, 0.1) is 5.92 Å². The first-order valence-electron chi connectivity index (χ1n) is 13.4. The van der Waals surface area contributed by atoms with Gasteiger partial charge in [-0.25, -0.2) is 9.78 Å². The van der Waals surface area contributed by atoms with E-state index >= 15 is 0 Å². The van der Waals surface area contributed by atoms with Gasteiger partial charge in [0.2, 0.25) is 0 Å². The van der Waals surface area contributed by atoms with Gasteiger partial charge in [-0.3, -0.25) is 14.6 Å². The molecule has 228 valence electrons. The molecule has 0 fully saturated rings. The van der Waals surface area contributed by atoms with Crippen LogP contribution in [0.3, 0.4) is 0 Å². The molecular formula is C29H31F3N6O5. The number of aromatic nitrogens is 2. The number of amides is 4. The van der Waals surface area contributed by atoms with Gasteiger partial charge in [0, 0.05) is 37.6 Å². The van der Waals surface area contributed by atoms with Gasteiger partial charge in [0.05, 0.1) is 42.2 Å². The fourth-order valence-corrected chi connectivity index (χ4v) is 4.48. The highest BCUT2D eigenvalue weighted by Crippen LogP contribution is 2.35. The summed E-state index contributed by atoms with van der Waals surface area (Å²) in [6.07, 6.45) is -1.14. The lowest BCUT2D eigenvalue weighted by Crippen LogP contribution is -2.50. The molecule has 0 radical (unpaired) electrons. The lowest BCUT2D eigenvalue weighted by Gasteiger charge is -2.38. The third kappa shape index (κ3) is 7.38. The third-order valence-electron chi connectivity index (χ3n) is 7.00. The Morgan fingerprint density at radius 3 is 2.51 bits per heavy atom. The maximum atomic E-state index is 13.6. The highest BCUT2D eigenvalue weighted by Gasteiger charge is 2.35. The van der Waals surface area contributed by atoms with Crippen LogP contribution < -0.4 is 15.4 Å². The summed E-state index contributed by atoms with van der Waals surface area (Å²) < 4.78 is 45.1. The number of aliphatic hydroxyl groups is 1. The fraction of sp³-hybridized carbons (Fsp3) is 0.345. The molecule has 2 heterocycles. The molecule has 14 heteroatoms. The molecule has 1 aliphatic heterocycles. The molecule has 4 rings (SSSR count). The summed E-state index contributed by atoms with van der Waals surface area (Å²) in [7, 11) is 1.50. The van der Waals surface area contributed by atoms with E-state index in [4.69, 9.17) is 4.74 Å². The lowest BCUT2D eigenvalue weighted by atomic mass is 9.99. The number of hydrogen-bond acceptors (Lipinski definition) is 7. The Hall–Kier alpha value is -4.72. The SMILES string of the molecule is C[C@@H]1CN([C@H](C)CO)C(=O)c2cccc(NC(=O)c3cnccn3)c2O[C@H]1CN(C)C(=O)Nc1ccc(C(F)(F)F)cc1. The average Bonchev–Trinajstić information content (AvgIpc) is 2.99. The second kappa shape index (κ2) is 13.1. The highest BCUT2D eigenvalue weighted by molar-refractivity contribution is 6.06. The highest BCUT2D eigenvalue weighted by atomic mass is 19.4. The topological polar surface area (TPSA) is 137 Å². The number of likely N-dealkylation sites (N-methyl/N-ethyl adjacent to an activating group) is 1. The fourth-order valence-electron chi connectivity index (χ4n) is 4.48. The minimum atomic E-state index is -4.50. The molecule has 11 nitrogen and oxygen atoms in total. The minimum Gasteiger partial charge on any atom is -0.485 e. The van der Waals surface area contributed by atoms with Crippen LogP contribution in [0.15, 0.2) is 61.1 Å². The predicted octanol–water partition coefficient (Wildman–Crippen LogP) is 4.13. The van der Waals surface area contributed by atoms with Crippen molar-refractivity contribution in [1.82, 2.24) is 19.8 Å². The van der Waals surface area contributed by atoms with E-state index in [2.05, 4.69) is 20.6 Å². The number of rotatable bonds is 7. The van der Waals surface area contributed by atoms with Crippen LogP contribution in [0.1, 0.15) is 40.3 Å². The van der Waals surface area contributed by atoms with Gasteiger partial charge in [-0.1, -0.05) is 13.0 Å². The maximum Gasteiger partial charge on any atom is 0.416 e. The molecule has 1 aromatic heterocycles. The number of carbonyl (C=O) groups is 3. The summed E-state index contributed by atoms with van der Waals surface area (Å²) >= 11 is 0. The first-order chi connectivity index (χ1) is 20.4. The molecule has 0 saturated heterocycles. The number of nitrogens with zero attached hydrogens (tertiary/aromatic N) is 4. The zero-order valence-corrected chi connectivity index (χ0v) is 23.6. The van der Waals surface area contributed by atoms with Gasteiger partial charge < -0.3 is 30.3 Å². The van der Waals surface area contributed by atoms with Crippen molar-refractivity contribution in [1.29, 1.82) is 0 Å². The van der Waals surface area contributed by atoms with Crippen LogP contribution in [0.25, 0.3) is 0 Å². The van der Waals surface area contributed by atoms with Crippen molar-refractivity contribution >= 4 is 29.2 Å². The third-order valence-corrected chi connectivity index (χ3v) is 7.00. The second-order valence-corrected chi connectivity index (χ2v) is 10.2. The van der Waals surface area contributed by atoms with E-state index in [0.29, 0.717) is 0 Å². The molecule has 0 bridgehead atoms. The van der Waals surface area contributed by atoms with Gasteiger partial charge in [-0.2, -0.15) is 13.2 Å². The first kappa shape index (κ1) is 31.2. The number of fused-ring (bicyclic) bond motifs is 1. The number of benzene rings is 2. The molecule has 0 saturated carbocycles. The number of nitrogens with one attached hydrogen (secondary N) is 2. The summed E-state index contributed by atoms with van der Waals surface area (Å²) in [5.41, 5.74) is -0.297. The van der Waals surface area contributed by atoms with Gasteiger partial charge in [0.15, 0.2) is 5.75 Å². The quantitative estimate of drug-likeness (QED) is 0.371. The summed E-state index contributed by atoms with van der Waals surface area (Å²) in [6, 6.07) is 7.61. The van der Waals surface area contributed by atoms with Gasteiger partial charge in [0.1, 0.15) is 11.8 Å². The van der Waals surface area contributed by atoms with E-state index in [1.165, 1.54) is 35.4 Å². The van der Waals surface area contributed by atoms with Gasteiger partial charge in [0.25, 0.3) is 11.8 Å². The normalized spacial score (nSPS) is 17.6. The number of hydrogen-bond donors (Lipinski definition) is 3. The molecular weight excluding hydrogens is 569 g/mol. The molecule has 43 heavy (non-hydrogen) atoms. The van der Waals surface area contributed by atoms with Gasteiger partial charge in [-0.05, 0) is 43.3 Å². The number of aliphatic hydroxyl groups excluding tert-OH is 1. The number of para-hydroxylation sites is 1. The van der Waals surface area contributed by atoms with Crippen molar-refractivity contribution in [3.8, 4) is 5.75 Å². The standard InChI is InChI=1S/C29H31F3N6O5/c1-17-14-38(18(2)16-39)27(41)21-5-4-6-22(36-26(40)23-13-33-11-12-34-23)25(21)43-24(17)15-37(3)28(42)35-20-9-7-19(8-10-20)29(30,31)32/h4-13,17-18,24,39H,14-16H2,1-3H3,(H,35,42)(H,36,40)/t17-,18-,24+/m1/s1. The second-order valence-electron chi connectivity index (χ2n) is 10.2. The number of alkyl halides is 3. The van der Waals surface area contributed by atoms with Crippen molar-refractivity contribution in [3.63, 3.8) is 0 Å². The van der Waals surface area contributed by atoms with Crippen LogP contribution in [-0.4, -0.2) is 81.6 Å². The van der Waals surface area contributed by atoms with E-state index in [1.807, 2.05) is 6.92 Å². The number of halogens is 3. The Kier molecular flexibility index (Phi) is 9.49. The molecule has 1 aliphatic rings. The molecule has 2 aromatic carbocycles. The van der Waals surface area contributed by atoms with E-state index in [0.717, 1.165) is 24.3 Å². The lowest BCUT2D eigenvalue weighted by molar-refractivity contribution is -0.137. The number of urea groups is 1. The summed E-state index contributed by atoms with van der Waals surface area (Å²) in [4.78, 5) is 50.2. The molecule has 3 atom stereocenters. The Balaban J connectivity index is 1.61. The Morgan fingerprint density at radius 1 is 1.16 bits per heavy atom. The number of anilines is 2. The van der Waals surface area contributed by atoms with Crippen LogP contribution in [0.4, 0.5) is 29.3 Å². The Morgan fingerprint density at radius 2 is 1.88 bits per heavy atom. The van der Waals surface area contributed by atoms with Crippen molar-refractivity contribution in [2.75, 3.05) is 37.4 Å². The molecule has 4 amide bonds. The van der Waals surface area contributed by atoms with E-state index in [9.17, 15) is 32.7 Å². The van der Waals surface area contributed by atoms with Crippen LogP contribution in [-0.2, 0) is 6.18 Å². The Bertz CT molecular complexity index is 1460. The van der Waals surface area contributed by atoms with Crippen LogP contribution >= 0.6 is 0 Å². The van der Waals surface area contributed by atoms with E-state index in [-0.39, 0.29) is 54.0 Å². The maximum absolute atomic E-state index is 13.6. The predicted molar refractivity (Wildman–Crippen MR) is 151 cm³/mol. The van der Waals surface area contributed by atoms with Crippen LogP contribution in [0.5, 0.6) is 5.75 Å². The Labute approximate surface area is 245 Å². The number of carbonyl (C=O) groups excluding carboxylic acids is 3. The van der Waals surface area contributed by atoms with Crippen molar-refractivity contribution in [3.05, 3.63) is 77.9 Å². The smallest absolute Gasteiger partial charge is 0.416 e. The molecule has 0 unspecified atom stereocenters. The number of ether oxygens (including phenoxy) is 1. The van der Waals surface area contributed by atoms with Crippen LogP contribution in [0.2, 0.25) is 0 Å². The molecule has 3 aromatic rings. The summed E-state index contributed by atoms with van der Waals surface area (Å²) in [6.45, 7) is 3.43. The van der Waals surface area contributed by atoms with E-state index in [1.54, 1.807) is 25.1 Å². The molecule has 0 aliphatic carbocycles. The summed E-state index contributed by atoms with van der Waals surface area (Å²) in [5, 5.41) is 15.1. The first-order valence-corrected chi connectivity index (χ1v) is 13.4. The zero-order valence-electron chi connectivity index (χ0n) is 23.6. The molecule has 3 N–H and O–H groups in total. The monoisotopic (exact) mass is 600 g/mol. The van der Waals surface area contributed by atoms with Gasteiger partial charge >= 0.3 is 12.2 Å². The molecule has 0 spiro atoms. The van der Waals surface area contributed by atoms with Crippen molar-refractivity contribution in [2.24, 2.45) is 5.92 Å². The largest absolute Gasteiger partial charge is 0.485 e. The average molecular weight is 601 g/mol. The van der Waals surface area contributed by atoms with Crippen molar-refractivity contribution < 1.29 is 37.4 Å². The zero-order chi connectivity index (χ0) is 31.3. The van der Waals surface area contributed by atoms with Gasteiger partial charge in [-0.15, -0.1) is 0 Å².